The van der Waals surface area contributed by atoms with E-state index < -0.39 is 0 Å². The van der Waals surface area contributed by atoms with Gasteiger partial charge in [0.2, 0.25) is 5.91 Å². The summed E-state index contributed by atoms with van der Waals surface area (Å²) >= 11 is 0. The Kier molecular flexibility index (Phi) is 3.74. The van der Waals surface area contributed by atoms with E-state index in [2.05, 4.69) is 10.3 Å². The van der Waals surface area contributed by atoms with Gasteiger partial charge in [-0.2, -0.15) is 5.26 Å². The number of carbonyl (C=O) groups is 1. The predicted molar refractivity (Wildman–Crippen MR) is 72.1 cm³/mol. The fourth-order valence-corrected chi connectivity index (χ4v) is 1.59. The lowest BCUT2D eigenvalue weighted by Crippen LogP contribution is -2.16. The van der Waals surface area contributed by atoms with Gasteiger partial charge in [-0.05, 0) is 29.8 Å². The van der Waals surface area contributed by atoms with Gasteiger partial charge in [0, 0.05) is 11.9 Å². The van der Waals surface area contributed by atoms with Crippen molar-refractivity contribution in [1.29, 1.82) is 5.26 Å². The van der Waals surface area contributed by atoms with Crippen LogP contribution in [-0.4, -0.2) is 10.9 Å². The zero-order chi connectivity index (χ0) is 13.7. The van der Waals surface area contributed by atoms with E-state index in [1.807, 2.05) is 6.07 Å². The molecule has 1 heterocycles. The molecule has 0 bridgehead atoms. The first-order valence-electron chi connectivity index (χ1n) is 5.68. The highest BCUT2D eigenvalue weighted by Gasteiger charge is 2.08. The molecule has 2 aromatic rings. The Hall–Kier alpha value is -2.87. The number of carbonyl (C=O) groups excluding carboxylic acids is 1. The van der Waals surface area contributed by atoms with E-state index in [1.54, 1.807) is 36.4 Å². The molecule has 94 valence electrons. The summed E-state index contributed by atoms with van der Waals surface area (Å²) in [6.07, 6.45) is 1.74. The topological polar surface area (TPSA) is 91.8 Å². The maximum atomic E-state index is 11.8. The van der Waals surface area contributed by atoms with Crippen LogP contribution in [0.5, 0.6) is 0 Å². The van der Waals surface area contributed by atoms with Gasteiger partial charge in [-0.25, -0.2) is 4.98 Å². The smallest absolute Gasteiger partial charge is 0.229 e. The van der Waals surface area contributed by atoms with Crippen LogP contribution < -0.4 is 11.1 Å². The lowest BCUT2D eigenvalue weighted by molar-refractivity contribution is -0.115. The van der Waals surface area contributed by atoms with Crippen LogP contribution in [0.25, 0.3) is 0 Å². The third kappa shape index (κ3) is 3.30. The molecule has 5 nitrogen and oxygen atoms in total. The van der Waals surface area contributed by atoms with E-state index in [9.17, 15) is 4.79 Å². The minimum Gasteiger partial charge on any atom is -0.399 e. The number of nitrogens with zero attached hydrogens (tertiary/aromatic N) is 2. The average molecular weight is 252 g/mol. The molecule has 0 saturated heterocycles. The van der Waals surface area contributed by atoms with Crippen LogP contribution in [0.2, 0.25) is 0 Å². The fraction of sp³-hybridized carbons (Fsp3) is 0.0714. The van der Waals surface area contributed by atoms with Gasteiger partial charge in [0.05, 0.1) is 12.0 Å². The summed E-state index contributed by atoms with van der Waals surface area (Å²) in [5.74, 6) is 0.0606. The third-order valence-corrected chi connectivity index (χ3v) is 2.53. The number of nitrogens with one attached hydrogen (secondary N) is 1. The van der Waals surface area contributed by atoms with E-state index in [0.717, 1.165) is 5.56 Å². The SMILES string of the molecule is N#Cc1cccnc1NC(=O)Cc1ccc(N)cc1. The van der Waals surface area contributed by atoms with Crippen molar-refractivity contribution in [3.05, 3.63) is 53.7 Å². The normalized spacial score (nSPS) is 9.63. The van der Waals surface area contributed by atoms with Gasteiger partial charge in [-0.1, -0.05) is 12.1 Å². The van der Waals surface area contributed by atoms with Crippen LogP contribution >= 0.6 is 0 Å². The van der Waals surface area contributed by atoms with Crippen molar-refractivity contribution < 1.29 is 4.79 Å². The molecule has 0 aliphatic carbocycles. The monoisotopic (exact) mass is 252 g/mol. The summed E-state index contributed by atoms with van der Waals surface area (Å²) in [4.78, 5) is 15.8. The molecule has 0 aliphatic heterocycles. The molecule has 19 heavy (non-hydrogen) atoms. The standard InChI is InChI=1S/C14H12N4O/c15-9-11-2-1-7-17-14(11)18-13(19)8-10-3-5-12(16)6-4-10/h1-7H,8,16H2,(H,17,18,19). The first kappa shape index (κ1) is 12.6. The predicted octanol–water partition coefficient (Wildman–Crippen LogP) is 1.72. The Morgan fingerprint density at radius 1 is 1.32 bits per heavy atom. The molecule has 0 saturated carbocycles. The number of aromatic nitrogens is 1. The Bertz CT molecular complexity index is 629. The molecule has 0 aliphatic rings. The van der Waals surface area contributed by atoms with Crippen LogP contribution in [0, 0.1) is 11.3 Å². The fourth-order valence-electron chi connectivity index (χ4n) is 1.59. The van der Waals surface area contributed by atoms with Crippen LogP contribution in [0.15, 0.2) is 42.6 Å². The summed E-state index contributed by atoms with van der Waals surface area (Å²) in [5, 5.41) is 11.5. The molecule has 0 atom stereocenters. The highest BCUT2D eigenvalue weighted by Crippen LogP contribution is 2.11. The number of benzene rings is 1. The number of pyridine rings is 1. The second-order valence-corrected chi connectivity index (χ2v) is 3.98. The van der Waals surface area contributed by atoms with E-state index >= 15 is 0 Å². The number of nitrogen functional groups attached to an aromatic ring is 1. The van der Waals surface area contributed by atoms with Gasteiger partial charge in [0.15, 0.2) is 0 Å². The maximum absolute atomic E-state index is 11.8. The number of hydrogen-bond acceptors (Lipinski definition) is 4. The Labute approximate surface area is 110 Å². The first-order valence-corrected chi connectivity index (χ1v) is 5.68. The van der Waals surface area contributed by atoms with Crippen molar-refractivity contribution in [1.82, 2.24) is 4.98 Å². The first-order chi connectivity index (χ1) is 9.19. The number of nitrogens with two attached hydrogens (primary N) is 1. The van der Waals surface area contributed by atoms with Crippen molar-refractivity contribution in [2.24, 2.45) is 0 Å². The van der Waals surface area contributed by atoms with Crippen LogP contribution in [-0.2, 0) is 11.2 Å². The molecule has 0 spiro atoms. The Morgan fingerprint density at radius 3 is 2.74 bits per heavy atom. The minimum absolute atomic E-state index is 0.210. The third-order valence-electron chi connectivity index (χ3n) is 2.53. The van der Waals surface area contributed by atoms with Crippen molar-refractivity contribution in [2.75, 3.05) is 11.1 Å². The molecule has 1 aromatic heterocycles. The van der Waals surface area contributed by atoms with Crippen molar-refractivity contribution in [3.63, 3.8) is 0 Å². The molecule has 0 fully saturated rings. The second-order valence-electron chi connectivity index (χ2n) is 3.98. The van der Waals surface area contributed by atoms with Crippen LogP contribution in [0.3, 0.4) is 0 Å². The minimum atomic E-state index is -0.222. The summed E-state index contributed by atoms with van der Waals surface area (Å²) in [5.41, 5.74) is 7.41. The highest BCUT2D eigenvalue weighted by atomic mass is 16.1. The average Bonchev–Trinajstić information content (AvgIpc) is 2.42. The van der Waals surface area contributed by atoms with E-state index in [0.29, 0.717) is 11.3 Å². The highest BCUT2D eigenvalue weighted by molar-refractivity contribution is 5.92. The van der Waals surface area contributed by atoms with Crippen molar-refractivity contribution in [2.45, 2.75) is 6.42 Å². The van der Waals surface area contributed by atoms with Gasteiger partial charge < -0.3 is 11.1 Å². The molecule has 5 heteroatoms. The lowest BCUT2D eigenvalue weighted by atomic mass is 10.1. The van der Waals surface area contributed by atoms with Gasteiger partial charge >= 0.3 is 0 Å². The molecular formula is C14H12N4O. The summed E-state index contributed by atoms with van der Waals surface area (Å²) in [6, 6.07) is 12.3. The number of hydrogen-bond donors (Lipinski definition) is 2. The number of nitriles is 1. The molecule has 3 N–H and O–H groups in total. The molecule has 0 radical (unpaired) electrons. The quantitative estimate of drug-likeness (QED) is 0.813. The molecule has 1 aromatic carbocycles. The zero-order valence-electron chi connectivity index (χ0n) is 10.1. The second kappa shape index (κ2) is 5.65. The summed E-state index contributed by atoms with van der Waals surface area (Å²) < 4.78 is 0. The van der Waals surface area contributed by atoms with Gasteiger partial charge in [-0.15, -0.1) is 0 Å². The molecule has 1 amide bonds. The van der Waals surface area contributed by atoms with E-state index in [1.165, 1.54) is 6.20 Å². The van der Waals surface area contributed by atoms with Crippen LogP contribution in [0.1, 0.15) is 11.1 Å². The number of rotatable bonds is 3. The van der Waals surface area contributed by atoms with Gasteiger partial charge in [-0.3, -0.25) is 4.79 Å². The molecular weight excluding hydrogens is 240 g/mol. The van der Waals surface area contributed by atoms with Crippen molar-refractivity contribution >= 4 is 17.4 Å². The molecule has 0 unspecified atom stereocenters. The Morgan fingerprint density at radius 2 is 2.05 bits per heavy atom. The summed E-state index contributed by atoms with van der Waals surface area (Å²) in [7, 11) is 0. The van der Waals surface area contributed by atoms with Gasteiger partial charge in [0.25, 0.3) is 0 Å². The lowest BCUT2D eigenvalue weighted by Gasteiger charge is -2.06. The summed E-state index contributed by atoms with van der Waals surface area (Å²) in [6.45, 7) is 0. The van der Waals surface area contributed by atoms with E-state index in [4.69, 9.17) is 11.0 Å². The maximum Gasteiger partial charge on any atom is 0.229 e. The van der Waals surface area contributed by atoms with Gasteiger partial charge in [0.1, 0.15) is 11.9 Å². The van der Waals surface area contributed by atoms with E-state index in [-0.39, 0.29) is 18.1 Å². The number of anilines is 2. The number of amides is 1. The zero-order valence-corrected chi connectivity index (χ0v) is 10.1. The molecule has 2 rings (SSSR count). The Balaban J connectivity index is 2.06. The largest absolute Gasteiger partial charge is 0.399 e. The van der Waals surface area contributed by atoms with Crippen molar-refractivity contribution in [3.8, 4) is 6.07 Å². The van der Waals surface area contributed by atoms with Crippen LogP contribution in [0.4, 0.5) is 11.5 Å².